The molecule has 0 saturated heterocycles. The van der Waals surface area contributed by atoms with Gasteiger partial charge in [-0.15, -0.1) is 0 Å². The Hall–Kier alpha value is -2.47. The number of methoxy groups -OCH3 is 2. The van der Waals surface area contributed by atoms with Crippen molar-refractivity contribution in [1.82, 2.24) is 0 Å². The highest BCUT2D eigenvalue weighted by molar-refractivity contribution is 6.33. The lowest BCUT2D eigenvalue weighted by Crippen LogP contribution is -2.32. The Morgan fingerprint density at radius 2 is 1.83 bits per heavy atom. The van der Waals surface area contributed by atoms with E-state index in [0.717, 1.165) is 6.07 Å². The molecular weight excluding hydrogens is 335 g/mol. The van der Waals surface area contributed by atoms with Gasteiger partial charge in [0, 0.05) is 6.07 Å². The Labute approximate surface area is 144 Å². The number of amides is 1. The summed E-state index contributed by atoms with van der Waals surface area (Å²) < 4.78 is 23.5. The molecule has 24 heavy (non-hydrogen) atoms. The third-order valence-corrected chi connectivity index (χ3v) is 3.68. The monoisotopic (exact) mass is 352 g/mol. The summed E-state index contributed by atoms with van der Waals surface area (Å²) in [4.78, 5) is 12.3. The van der Waals surface area contributed by atoms with Gasteiger partial charge in [0.25, 0.3) is 0 Å². The van der Waals surface area contributed by atoms with Crippen LogP contribution in [-0.4, -0.2) is 26.2 Å². The highest BCUT2D eigenvalue weighted by Crippen LogP contribution is 2.30. The number of benzene rings is 2. The molecule has 2 aromatic carbocycles. The van der Waals surface area contributed by atoms with E-state index in [1.54, 1.807) is 32.2 Å². The Morgan fingerprint density at radius 3 is 2.46 bits per heavy atom. The Balaban J connectivity index is 2.08. The maximum atomic E-state index is 13.0. The minimum Gasteiger partial charge on any atom is -0.497 e. The third kappa shape index (κ3) is 4.29. The van der Waals surface area contributed by atoms with Crippen molar-refractivity contribution >= 4 is 28.9 Å². The molecule has 0 heterocycles. The first-order chi connectivity index (χ1) is 11.4. The summed E-state index contributed by atoms with van der Waals surface area (Å²) in [6.07, 6.45) is 0. The van der Waals surface area contributed by atoms with Crippen molar-refractivity contribution in [3.8, 4) is 11.5 Å². The van der Waals surface area contributed by atoms with E-state index in [9.17, 15) is 9.18 Å². The minimum absolute atomic E-state index is 0.137. The molecule has 128 valence electrons. The molecule has 0 saturated carbocycles. The molecule has 5 nitrogen and oxygen atoms in total. The van der Waals surface area contributed by atoms with Gasteiger partial charge in [0.2, 0.25) is 5.91 Å². The molecule has 7 heteroatoms. The quantitative estimate of drug-likeness (QED) is 0.826. The average molecular weight is 353 g/mol. The first-order valence-electron chi connectivity index (χ1n) is 7.19. The van der Waals surface area contributed by atoms with E-state index in [0.29, 0.717) is 22.9 Å². The molecule has 0 aliphatic carbocycles. The molecule has 0 fully saturated rings. The lowest BCUT2D eigenvalue weighted by molar-refractivity contribution is -0.116. The summed E-state index contributed by atoms with van der Waals surface area (Å²) in [5.41, 5.74) is 0.990. The van der Waals surface area contributed by atoms with Crippen molar-refractivity contribution in [3.63, 3.8) is 0 Å². The molecule has 2 rings (SSSR count). The molecule has 0 bridgehead atoms. The van der Waals surface area contributed by atoms with Crippen LogP contribution in [0.3, 0.4) is 0 Å². The second-order valence-electron chi connectivity index (χ2n) is 5.05. The second-order valence-corrected chi connectivity index (χ2v) is 5.45. The molecule has 2 aromatic rings. The van der Waals surface area contributed by atoms with E-state index in [2.05, 4.69) is 10.6 Å². The van der Waals surface area contributed by atoms with Crippen LogP contribution in [0.4, 0.5) is 15.8 Å². The van der Waals surface area contributed by atoms with Crippen LogP contribution >= 0.6 is 11.6 Å². The first kappa shape index (κ1) is 17.9. The summed E-state index contributed by atoms with van der Waals surface area (Å²) in [5.74, 6) is 0.412. The fraction of sp³-hybridized carbons (Fsp3) is 0.235. The SMILES string of the molecule is COc1ccc(N[C@H](C)C(=O)Nc2ccc(F)cc2Cl)c(OC)c1. The molecule has 0 aromatic heterocycles. The summed E-state index contributed by atoms with van der Waals surface area (Å²) in [5, 5.41) is 5.84. The number of hydrogen-bond donors (Lipinski definition) is 2. The standard InChI is InChI=1S/C17H18ClFN2O3/c1-10(17(22)21-14-6-4-11(19)8-13(14)18)20-15-7-5-12(23-2)9-16(15)24-3/h4-10,20H,1-3H3,(H,21,22)/t10-/m1/s1. The van der Waals surface area contributed by atoms with Crippen molar-refractivity contribution in [3.05, 3.63) is 47.2 Å². The number of carbonyl (C=O) groups excluding carboxylic acids is 1. The summed E-state index contributed by atoms with van der Waals surface area (Å²) in [7, 11) is 3.09. The maximum absolute atomic E-state index is 13.0. The molecule has 0 aliphatic heterocycles. The zero-order chi connectivity index (χ0) is 17.7. The van der Waals surface area contributed by atoms with Gasteiger partial charge in [-0.1, -0.05) is 11.6 Å². The van der Waals surface area contributed by atoms with Gasteiger partial charge in [-0.3, -0.25) is 4.79 Å². The van der Waals surface area contributed by atoms with E-state index in [1.807, 2.05) is 0 Å². The van der Waals surface area contributed by atoms with Gasteiger partial charge in [0.05, 0.1) is 30.6 Å². The van der Waals surface area contributed by atoms with E-state index < -0.39 is 11.9 Å². The lowest BCUT2D eigenvalue weighted by atomic mass is 10.2. The van der Waals surface area contributed by atoms with Gasteiger partial charge in [-0.2, -0.15) is 0 Å². The predicted octanol–water partition coefficient (Wildman–Crippen LogP) is 3.94. The van der Waals surface area contributed by atoms with Crippen LogP contribution in [0, 0.1) is 5.82 Å². The van der Waals surface area contributed by atoms with E-state index >= 15 is 0 Å². The van der Waals surface area contributed by atoms with Crippen LogP contribution in [0.25, 0.3) is 0 Å². The van der Waals surface area contributed by atoms with Crippen molar-refractivity contribution in [1.29, 1.82) is 0 Å². The van der Waals surface area contributed by atoms with Crippen LogP contribution < -0.4 is 20.1 Å². The highest BCUT2D eigenvalue weighted by Gasteiger charge is 2.16. The smallest absolute Gasteiger partial charge is 0.246 e. The highest BCUT2D eigenvalue weighted by atomic mass is 35.5. The van der Waals surface area contributed by atoms with Gasteiger partial charge in [0.1, 0.15) is 23.4 Å². The Kier molecular flexibility index (Phi) is 5.87. The van der Waals surface area contributed by atoms with Crippen molar-refractivity contribution in [2.45, 2.75) is 13.0 Å². The number of halogens is 2. The minimum atomic E-state index is -0.576. The maximum Gasteiger partial charge on any atom is 0.246 e. The number of ether oxygens (including phenoxy) is 2. The number of rotatable bonds is 6. The zero-order valence-electron chi connectivity index (χ0n) is 13.5. The average Bonchev–Trinajstić information content (AvgIpc) is 2.57. The topological polar surface area (TPSA) is 59.6 Å². The molecule has 0 radical (unpaired) electrons. The normalized spacial score (nSPS) is 11.5. The van der Waals surface area contributed by atoms with Gasteiger partial charge >= 0.3 is 0 Å². The largest absolute Gasteiger partial charge is 0.497 e. The molecule has 2 N–H and O–H groups in total. The van der Waals surface area contributed by atoms with Crippen LogP contribution in [0.15, 0.2) is 36.4 Å². The van der Waals surface area contributed by atoms with Crippen LogP contribution in [0.1, 0.15) is 6.92 Å². The molecule has 0 spiro atoms. The molecule has 1 atom stereocenters. The fourth-order valence-electron chi connectivity index (χ4n) is 2.05. The van der Waals surface area contributed by atoms with Crippen molar-refractivity contribution in [2.24, 2.45) is 0 Å². The van der Waals surface area contributed by atoms with Crippen molar-refractivity contribution in [2.75, 3.05) is 24.9 Å². The Morgan fingerprint density at radius 1 is 1.12 bits per heavy atom. The fourth-order valence-corrected chi connectivity index (χ4v) is 2.26. The number of nitrogens with one attached hydrogen (secondary N) is 2. The molecule has 0 aliphatic rings. The zero-order valence-corrected chi connectivity index (χ0v) is 14.3. The molecular formula is C17H18ClFN2O3. The van der Waals surface area contributed by atoms with Crippen molar-refractivity contribution < 1.29 is 18.7 Å². The van der Waals surface area contributed by atoms with E-state index in [-0.39, 0.29) is 10.9 Å². The van der Waals surface area contributed by atoms with Gasteiger partial charge in [-0.25, -0.2) is 4.39 Å². The first-order valence-corrected chi connectivity index (χ1v) is 7.57. The van der Waals surface area contributed by atoms with Gasteiger partial charge in [-0.05, 0) is 37.3 Å². The number of anilines is 2. The number of carbonyl (C=O) groups is 1. The van der Waals surface area contributed by atoms with Gasteiger partial charge in [0.15, 0.2) is 0 Å². The summed E-state index contributed by atoms with van der Waals surface area (Å²) in [6.45, 7) is 1.69. The molecule has 1 amide bonds. The second kappa shape index (κ2) is 7.88. The van der Waals surface area contributed by atoms with Crippen LogP contribution in [0.5, 0.6) is 11.5 Å². The third-order valence-electron chi connectivity index (χ3n) is 3.36. The predicted molar refractivity (Wildman–Crippen MR) is 92.7 cm³/mol. The van der Waals surface area contributed by atoms with Crippen LogP contribution in [-0.2, 0) is 4.79 Å². The summed E-state index contributed by atoms with van der Waals surface area (Å²) in [6, 6.07) is 8.43. The van der Waals surface area contributed by atoms with Crippen LogP contribution in [0.2, 0.25) is 5.02 Å². The lowest BCUT2D eigenvalue weighted by Gasteiger charge is -2.18. The summed E-state index contributed by atoms with van der Waals surface area (Å²) >= 11 is 5.91. The van der Waals surface area contributed by atoms with E-state index in [1.165, 1.54) is 19.2 Å². The number of hydrogen-bond acceptors (Lipinski definition) is 4. The van der Waals surface area contributed by atoms with Gasteiger partial charge < -0.3 is 20.1 Å². The Bertz CT molecular complexity index is 740. The van der Waals surface area contributed by atoms with E-state index in [4.69, 9.17) is 21.1 Å². The molecule has 0 unspecified atom stereocenters.